The van der Waals surface area contributed by atoms with Crippen molar-refractivity contribution in [2.45, 2.75) is 6.42 Å². The number of rotatable bonds is 3. The molecule has 2 N–H and O–H groups in total. The molecule has 1 aromatic heterocycles. The minimum atomic E-state index is -0.259. The molecule has 3 rings (SSSR count). The second-order valence-electron chi connectivity index (χ2n) is 4.52. The second kappa shape index (κ2) is 5.61. The summed E-state index contributed by atoms with van der Waals surface area (Å²) in [6, 6.07) is 10.9. The van der Waals surface area contributed by atoms with Crippen molar-refractivity contribution >= 4 is 17.4 Å². The number of hydrogen-bond acceptors (Lipinski definition) is 4. The number of benzene rings is 1. The van der Waals surface area contributed by atoms with Crippen LogP contribution in [0.2, 0.25) is 0 Å². The number of anilines is 1. The molecule has 0 unspecified atom stereocenters. The molecule has 0 spiro atoms. The standard InChI is InChI=1S/C15H15N3O2/c19-15(13-6-2-9-20-13)18-12-5-1-4-11(10-12)14-16-7-3-8-17-14/h1-2,4-6,9-10H,3,7-8H2,(H,16,17)(H,18,19). The Labute approximate surface area is 116 Å². The molecule has 0 saturated heterocycles. The Morgan fingerprint density at radius 2 is 2.25 bits per heavy atom. The summed E-state index contributed by atoms with van der Waals surface area (Å²) < 4.78 is 5.07. The number of nitrogens with zero attached hydrogens (tertiary/aromatic N) is 1. The van der Waals surface area contributed by atoms with E-state index in [2.05, 4.69) is 15.6 Å². The van der Waals surface area contributed by atoms with Crippen molar-refractivity contribution in [3.05, 3.63) is 54.0 Å². The van der Waals surface area contributed by atoms with Crippen molar-refractivity contribution in [3.63, 3.8) is 0 Å². The summed E-state index contributed by atoms with van der Waals surface area (Å²) in [5, 5.41) is 6.07. The number of furan rings is 1. The van der Waals surface area contributed by atoms with Crippen LogP contribution in [0.1, 0.15) is 22.5 Å². The van der Waals surface area contributed by atoms with E-state index < -0.39 is 0 Å². The first-order valence-electron chi connectivity index (χ1n) is 6.56. The molecule has 0 atom stereocenters. The van der Waals surface area contributed by atoms with E-state index in [0.717, 1.165) is 36.6 Å². The summed E-state index contributed by atoms with van der Waals surface area (Å²) >= 11 is 0. The molecule has 0 saturated carbocycles. The van der Waals surface area contributed by atoms with Crippen LogP contribution in [0.25, 0.3) is 0 Å². The number of nitrogens with one attached hydrogen (secondary N) is 2. The molecule has 0 radical (unpaired) electrons. The lowest BCUT2D eigenvalue weighted by molar-refractivity contribution is 0.0996. The third-order valence-electron chi connectivity index (χ3n) is 3.04. The Morgan fingerprint density at radius 3 is 3.00 bits per heavy atom. The average molecular weight is 269 g/mol. The first-order valence-corrected chi connectivity index (χ1v) is 6.56. The SMILES string of the molecule is O=C(Nc1cccc(C2=NCCCN2)c1)c1ccco1. The molecule has 1 aliphatic heterocycles. The fourth-order valence-corrected chi connectivity index (χ4v) is 2.07. The molecular weight excluding hydrogens is 254 g/mol. The van der Waals surface area contributed by atoms with Crippen molar-refractivity contribution in [2.24, 2.45) is 4.99 Å². The summed E-state index contributed by atoms with van der Waals surface area (Å²) in [4.78, 5) is 16.4. The molecule has 5 heteroatoms. The summed E-state index contributed by atoms with van der Waals surface area (Å²) in [5.74, 6) is 0.916. The first-order chi connectivity index (χ1) is 9.83. The van der Waals surface area contributed by atoms with Crippen LogP contribution in [-0.4, -0.2) is 24.8 Å². The zero-order chi connectivity index (χ0) is 13.8. The molecule has 0 fully saturated rings. The van der Waals surface area contributed by atoms with Gasteiger partial charge in [-0.05, 0) is 30.7 Å². The lowest BCUT2D eigenvalue weighted by atomic mass is 10.1. The van der Waals surface area contributed by atoms with Crippen LogP contribution < -0.4 is 10.6 Å². The maximum Gasteiger partial charge on any atom is 0.291 e. The second-order valence-corrected chi connectivity index (χ2v) is 4.52. The van der Waals surface area contributed by atoms with E-state index in [9.17, 15) is 4.79 Å². The summed E-state index contributed by atoms with van der Waals surface area (Å²) in [6.07, 6.45) is 2.53. The number of carbonyl (C=O) groups is 1. The highest BCUT2D eigenvalue weighted by Gasteiger charge is 2.11. The number of carbonyl (C=O) groups excluding carboxylic acids is 1. The predicted octanol–water partition coefficient (Wildman–Crippen LogP) is 2.27. The lowest BCUT2D eigenvalue weighted by Crippen LogP contribution is -2.30. The van der Waals surface area contributed by atoms with Crippen LogP contribution >= 0.6 is 0 Å². The van der Waals surface area contributed by atoms with E-state index in [4.69, 9.17) is 4.42 Å². The quantitative estimate of drug-likeness (QED) is 0.898. The molecule has 1 aromatic carbocycles. The van der Waals surface area contributed by atoms with Gasteiger partial charge in [0.15, 0.2) is 5.76 Å². The maximum absolute atomic E-state index is 11.9. The third-order valence-corrected chi connectivity index (χ3v) is 3.04. The Balaban J connectivity index is 1.77. The summed E-state index contributed by atoms with van der Waals surface area (Å²) in [6.45, 7) is 1.77. The minimum absolute atomic E-state index is 0.259. The van der Waals surface area contributed by atoms with Crippen LogP contribution in [0.15, 0.2) is 52.1 Å². The van der Waals surface area contributed by atoms with Gasteiger partial charge < -0.3 is 15.1 Å². The van der Waals surface area contributed by atoms with Crippen molar-refractivity contribution in [1.29, 1.82) is 0 Å². The molecule has 1 amide bonds. The van der Waals surface area contributed by atoms with Crippen molar-refractivity contribution < 1.29 is 9.21 Å². The van der Waals surface area contributed by atoms with E-state index >= 15 is 0 Å². The molecule has 0 aliphatic carbocycles. The van der Waals surface area contributed by atoms with Gasteiger partial charge in [0, 0.05) is 24.3 Å². The van der Waals surface area contributed by atoms with Crippen LogP contribution in [0.5, 0.6) is 0 Å². The van der Waals surface area contributed by atoms with Crippen molar-refractivity contribution in [3.8, 4) is 0 Å². The minimum Gasteiger partial charge on any atom is -0.459 e. The highest BCUT2D eigenvalue weighted by Crippen LogP contribution is 2.14. The van der Waals surface area contributed by atoms with Gasteiger partial charge in [-0.1, -0.05) is 12.1 Å². The molecule has 0 bridgehead atoms. The highest BCUT2D eigenvalue weighted by molar-refractivity contribution is 6.04. The maximum atomic E-state index is 11.9. The lowest BCUT2D eigenvalue weighted by Gasteiger charge is -2.15. The van der Waals surface area contributed by atoms with Gasteiger partial charge in [-0.3, -0.25) is 9.79 Å². The third kappa shape index (κ3) is 2.71. The number of amides is 1. The molecular formula is C15H15N3O2. The summed E-state index contributed by atoms with van der Waals surface area (Å²) in [7, 11) is 0. The fourth-order valence-electron chi connectivity index (χ4n) is 2.07. The zero-order valence-corrected chi connectivity index (χ0v) is 10.9. The van der Waals surface area contributed by atoms with Gasteiger partial charge in [0.05, 0.1) is 6.26 Å². The monoisotopic (exact) mass is 269 g/mol. The van der Waals surface area contributed by atoms with E-state index in [1.165, 1.54) is 6.26 Å². The normalized spacial score (nSPS) is 14.3. The van der Waals surface area contributed by atoms with Gasteiger partial charge in [0.1, 0.15) is 5.84 Å². The first kappa shape index (κ1) is 12.5. The topological polar surface area (TPSA) is 66.6 Å². The van der Waals surface area contributed by atoms with Crippen LogP contribution in [0.3, 0.4) is 0 Å². The zero-order valence-electron chi connectivity index (χ0n) is 10.9. The van der Waals surface area contributed by atoms with E-state index in [1.807, 2.05) is 24.3 Å². The average Bonchev–Trinajstić information content (AvgIpc) is 3.03. The molecule has 2 heterocycles. The van der Waals surface area contributed by atoms with E-state index in [0.29, 0.717) is 5.76 Å². The van der Waals surface area contributed by atoms with Gasteiger partial charge >= 0.3 is 0 Å². The van der Waals surface area contributed by atoms with Gasteiger partial charge in [-0.15, -0.1) is 0 Å². The van der Waals surface area contributed by atoms with Crippen molar-refractivity contribution in [1.82, 2.24) is 5.32 Å². The Hall–Kier alpha value is -2.56. The van der Waals surface area contributed by atoms with Crippen LogP contribution in [-0.2, 0) is 0 Å². The Kier molecular flexibility index (Phi) is 3.50. The smallest absolute Gasteiger partial charge is 0.291 e. The Bertz CT molecular complexity index is 632. The number of hydrogen-bond donors (Lipinski definition) is 2. The van der Waals surface area contributed by atoms with Crippen LogP contribution in [0.4, 0.5) is 5.69 Å². The van der Waals surface area contributed by atoms with Gasteiger partial charge in [-0.2, -0.15) is 0 Å². The van der Waals surface area contributed by atoms with E-state index in [1.54, 1.807) is 12.1 Å². The Morgan fingerprint density at radius 1 is 1.30 bits per heavy atom. The van der Waals surface area contributed by atoms with Crippen LogP contribution in [0, 0.1) is 0 Å². The number of aliphatic imine (C=N–C) groups is 1. The molecule has 1 aliphatic rings. The highest BCUT2D eigenvalue weighted by atomic mass is 16.3. The largest absolute Gasteiger partial charge is 0.459 e. The van der Waals surface area contributed by atoms with Gasteiger partial charge in [0.2, 0.25) is 0 Å². The molecule has 102 valence electrons. The van der Waals surface area contributed by atoms with Gasteiger partial charge in [-0.25, -0.2) is 0 Å². The summed E-state index contributed by atoms with van der Waals surface area (Å²) in [5.41, 5.74) is 1.70. The molecule has 5 nitrogen and oxygen atoms in total. The number of amidine groups is 1. The molecule has 20 heavy (non-hydrogen) atoms. The fraction of sp³-hybridized carbons (Fsp3) is 0.200. The van der Waals surface area contributed by atoms with E-state index in [-0.39, 0.29) is 5.91 Å². The predicted molar refractivity (Wildman–Crippen MR) is 77.1 cm³/mol. The van der Waals surface area contributed by atoms with Crippen molar-refractivity contribution in [2.75, 3.05) is 18.4 Å². The molecule has 2 aromatic rings. The van der Waals surface area contributed by atoms with Gasteiger partial charge in [0.25, 0.3) is 5.91 Å².